The van der Waals surface area contributed by atoms with Crippen molar-refractivity contribution in [3.8, 4) is 0 Å². The molecule has 0 radical (unpaired) electrons. The highest BCUT2D eigenvalue weighted by Crippen LogP contribution is 2.27. The highest BCUT2D eigenvalue weighted by atomic mass is 16.7. The Balaban J connectivity index is 2.08. The van der Waals surface area contributed by atoms with E-state index in [9.17, 15) is 25.5 Å². The summed E-state index contributed by atoms with van der Waals surface area (Å²) in [4.78, 5) is 0. The molecule has 0 aromatic rings. The molecule has 2 rings (SSSR count). The van der Waals surface area contributed by atoms with Crippen molar-refractivity contribution in [1.29, 1.82) is 0 Å². The van der Waals surface area contributed by atoms with Gasteiger partial charge in [0.15, 0.2) is 6.29 Å². The molecule has 0 amide bonds. The Bertz CT molecular complexity index is 373. The first kappa shape index (κ1) is 17.9. The van der Waals surface area contributed by atoms with E-state index in [1.807, 2.05) is 0 Å². The fourth-order valence-electron chi connectivity index (χ4n) is 2.79. The van der Waals surface area contributed by atoms with Gasteiger partial charge in [-0.2, -0.15) is 0 Å². The van der Waals surface area contributed by atoms with Gasteiger partial charge in [-0.15, -0.1) is 0 Å². The number of aliphatic hydroxyl groups is 6. The first-order valence-electron chi connectivity index (χ1n) is 7.11. The molecule has 1 aliphatic carbocycles. The minimum atomic E-state index is -1.47. The molecular weight excluding hydrogens is 300 g/mol. The third-order valence-corrected chi connectivity index (χ3v) is 4.24. The van der Waals surface area contributed by atoms with Crippen molar-refractivity contribution in [1.82, 2.24) is 0 Å². The van der Waals surface area contributed by atoms with Crippen LogP contribution in [0.25, 0.3) is 0 Å². The van der Waals surface area contributed by atoms with Crippen molar-refractivity contribution in [2.45, 2.75) is 67.5 Å². The van der Waals surface area contributed by atoms with E-state index in [0.29, 0.717) is 0 Å². The predicted molar refractivity (Wildman–Crippen MR) is 71.2 cm³/mol. The molecule has 1 saturated carbocycles. The van der Waals surface area contributed by atoms with Crippen LogP contribution in [0.15, 0.2) is 0 Å². The molecule has 10 unspecified atom stereocenters. The van der Waals surface area contributed by atoms with E-state index in [1.165, 1.54) is 0 Å². The van der Waals surface area contributed by atoms with Gasteiger partial charge in [0.1, 0.15) is 36.6 Å². The van der Waals surface area contributed by atoms with Crippen molar-refractivity contribution in [3.63, 3.8) is 0 Å². The van der Waals surface area contributed by atoms with Crippen LogP contribution >= 0.6 is 0 Å². The van der Waals surface area contributed by atoms with Crippen molar-refractivity contribution in [2.24, 2.45) is 11.5 Å². The molecule has 2 fully saturated rings. The molecule has 1 saturated heterocycles. The lowest BCUT2D eigenvalue weighted by Crippen LogP contribution is -2.66. The lowest BCUT2D eigenvalue weighted by Gasteiger charge is -2.45. The number of hydrogen-bond acceptors (Lipinski definition) is 10. The third-order valence-electron chi connectivity index (χ3n) is 4.24. The molecular formula is C12H24N2O8. The zero-order valence-electron chi connectivity index (χ0n) is 11.8. The van der Waals surface area contributed by atoms with Gasteiger partial charge in [0.2, 0.25) is 0 Å². The normalized spacial score (nSPS) is 53.5. The van der Waals surface area contributed by atoms with Gasteiger partial charge in [0, 0.05) is 6.04 Å². The fourth-order valence-corrected chi connectivity index (χ4v) is 2.79. The van der Waals surface area contributed by atoms with Crippen LogP contribution in [-0.4, -0.2) is 98.3 Å². The van der Waals surface area contributed by atoms with Crippen LogP contribution in [0.2, 0.25) is 0 Å². The average Bonchev–Trinajstić information content (AvgIpc) is 2.49. The second-order valence-corrected chi connectivity index (χ2v) is 5.83. The van der Waals surface area contributed by atoms with E-state index >= 15 is 0 Å². The summed E-state index contributed by atoms with van der Waals surface area (Å²) in [5, 5.41) is 57.9. The molecule has 22 heavy (non-hydrogen) atoms. The minimum absolute atomic E-state index is 0.000537. The second-order valence-electron chi connectivity index (χ2n) is 5.83. The highest BCUT2D eigenvalue weighted by Gasteiger charge is 2.48. The zero-order valence-corrected chi connectivity index (χ0v) is 11.8. The van der Waals surface area contributed by atoms with Gasteiger partial charge in [-0.25, -0.2) is 0 Å². The first-order chi connectivity index (χ1) is 10.3. The SMILES string of the molecule is NC1CC(O)C(O)C(O)C1OC1OC(CO)C(O)C(O)C1N. The molecule has 1 heterocycles. The van der Waals surface area contributed by atoms with Gasteiger partial charge in [0.25, 0.3) is 0 Å². The molecule has 0 aromatic carbocycles. The molecule has 10 N–H and O–H groups in total. The number of aliphatic hydroxyl groups excluding tert-OH is 6. The molecule has 10 nitrogen and oxygen atoms in total. The van der Waals surface area contributed by atoms with Crippen molar-refractivity contribution < 1.29 is 40.1 Å². The lowest BCUT2D eigenvalue weighted by molar-refractivity contribution is -0.296. The standard InChI is InChI=1S/C12H24N2O8/c13-3-1-4(16)7(17)10(20)11(3)22-12-6(14)9(19)8(18)5(2-15)21-12/h3-12,15-20H,1-2,13-14H2. The van der Waals surface area contributed by atoms with Gasteiger partial charge < -0.3 is 51.6 Å². The summed E-state index contributed by atoms with van der Waals surface area (Å²) in [7, 11) is 0. The second kappa shape index (κ2) is 7.01. The van der Waals surface area contributed by atoms with Crippen LogP contribution in [0.5, 0.6) is 0 Å². The first-order valence-corrected chi connectivity index (χ1v) is 7.11. The molecule has 0 bridgehead atoms. The average molecular weight is 324 g/mol. The highest BCUT2D eigenvalue weighted by molar-refractivity contribution is 4.98. The topological polar surface area (TPSA) is 192 Å². The Morgan fingerprint density at radius 3 is 2.18 bits per heavy atom. The van der Waals surface area contributed by atoms with Crippen LogP contribution < -0.4 is 11.5 Å². The van der Waals surface area contributed by atoms with Crippen molar-refractivity contribution in [3.05, 3.63) is 0 Å². The van der Waals surface area contributed by atoms with Gasteiger partial charge in [0.05, 0.1) is 18.8 Å². The summed E-state index contributed by atoms with van der Waals surface area (Å²) in [6.07, 6.45) is -10.3. The number of nitrogens with two attached hydrogens (primary N) is 2. The molecule has 0 aromatic heterocycles. The summed E-state index contributed by atoms with van der Waals surface area (Å²) in [5.41, 5.74) is 11.5. The largest absolute Gasteiger partial charge is 0.394 e. The van der Waals surface area contributed by atoms with Crippen LogP contribution in [-0.2, 0) is 9.47 Å². The van der Waals surface area contributed by atoms with Crippen LogP contribution in [0.4, 0.5) is 0 Å². The minimum Gasteiger partial charge on any atom is -0.394 e. The van der Waals surface area contributed by atoms with Gasteiger partial charge in [-0.1, -0.05) is 0 Å². The molecule has 10 heteroatoms. The van der Waals surface area contributed by atoms with Gasteiger partial charge in [-0.3, -0.25) is 0 Å². The maximum atomic E-state index is 9.96. The van der Waals surface area contributed by atoms with E-state index in [1.54, 1.807) is 0 Å². The van der Waals surface area contributed by atoms with Crippen LogP contribution in [0.1, 0.15) is 6.42 Å². The lowest BCUT2D eigenvalue weighted by atomic mass is 9.86. The number of rotatable bonds is 3. The molecule has 2 aliphatic rings. The summed E-state index contributed by atoms with van der Waals surface area (Å²) < 4.78 is 10.7. The van der Waals surface area contributed by atoms with E-state index in [2.05, 4.69) is 0 Å². The molecule has 1 aliphatic heterocycles. The molecule has 130 valence electrons. The van der Waals surface area contributed by atoms with Gasteiger partial charge in [-0.05, 0) is 6.42 Å². The maximum Gasteiger partial charge on any atom is 0.176 e. The number of ether oxygens (including phenoxy) is 2. The predicted octanol–water partition coefficient (Wildman–Crippen LogP) is -5.05. The Labute approximate surface area is 126 Å². The monoisotopic (exact) mass is 324 g/mol. The van der Waals surface area contributed by atoms with E-state index in [-0.39, 0.29) is 6.42 Å². The third kappa shape index (κ3) is 3.26. The van der Waals surface area contributed by atoms with Gasteiger partial charge >= 0.3 is 0 Å². The van der Waals surface area contributed by atoms with Crippen molar-refractivity contribution in [2.75, 3.05) is 6.61 Å². The zero-order chi connectivity index (χ0) is 16.6. The molecule has 0 spiro atoms. The Morgan fingerprint density at radius 2 is 1.59 bits per heavy atom. The van der Waals surface area contributed by atoms with E-state index in [4.69, 9.17) is 26.0 Å². The van der Waals surface area contributed by atoms with Crippen LogP contribution in [0, 0.1) is 0 Å². The summed E-state index contributed by atoms with van der Waals surface area (Å²) >= 11 is 0. The smallest absolute Gasteiger partial charge is 0.176 e. The van der Waals surface area contributed by atoms with E-state index < -0.39 is 67.7 Å². The Kier molecular flexibility index (Phi) is 5.72. The Hall–Kier alpha value is -0.400. The summed E-state index contributed by atoms with van der Waals surface area (Å²) in [6, 6.07) is -1.93. The summed E-state index contributed by atoms with van der Waals surface area (Å²) in [6.45, 7) is -0.564. The Morgan fingerprint density at radius 1 is 0.955 bits per heavy atom. The number of hydrogen-bond donors (Lipinski definition) is 8. The maximum absolute atomic E-state index is 9.96. The summed E-state index contributed by atoms with van der Waals surface area (Å²) in [5.74, 6) is 0. The van der Waals surface area contributed by atoms with E-state index in [0.717, 1.165) is 0 Å². The molecule has 10 atom stereocenters. The van der Waals surface area contributed by atoms with Crippen LogP contribution in [0.3, 0.4) is 0 Å². The fraction of sp³-hybridized carbons (Fsp3) is 1.00. The van der Waals surface area contributed by atoms with Crippen molar-refractivity contribution >= 4 is 0 Å². The quantitative estimate of drug-likeness (QED) is 0.249.